The van der Waals surface area contributed by atoms with Crippen LogP contribution in [0.2, 0.25) is 0 Å². The molecule has 1 amide bonds. The fourth-order valence-electron chi connectivity index (χ4n) is 3.50. The van der Waals surface area contributed by atoms with Gasteiger partial charge in [-0.2, -0.15) is 0 Å². The number of hydrogen-bond acceptors (Lipinski definition) is 5. The number of carbonyl (C=O) groups excluding carboxylic acids is 2. The molecular formula is C20H22N2O4. The maximum absolute atomic E-state index is 12.9. The number of amides is 1. The molecule has 0 aromatic heterocycles. The molecule has 6 heteroatoms. The van der Waals surface area contributed by atoms with E-state index in [1.54, 1.807) is 0 Å². The van der Waals surface area contributed by atoms with Crippen molar-refractivity contribution in [3.8, 4) is 12.3 Å². The van der Waals surface area contributed by atoms with E-state index in [0.717, 1.165) is 16.7 Å². The van der Waals surface area contributed by atoms with Gasteiger partial charge in [0.05, 0.1) is 5.57 Å². The van der Waals surface area contributed by atoms with Gasteiger partial charge in [-0.3, -0.25) is 4.79 Å². The smallest absolute Gasteiger partial charge is 0.421 e. The molecule has 0 atom stereocenters. The van der Waals surface area contributed by atoms with Crippen molar-refractivity contribution in [3.05, 3.63) is 40.6 Å². The molecule has 2 N–H and O–H groups in total. The third kappa shape index (κ3) is 3.31. The maximum Gasteiger partial charge on any atom is 0.514 e. The molecule has 136 valence electrons. The Hall–Kier alpha value is -2.78. The van der Waals surface area contributed by atoms with E-state index in [4.69, 9.17) is 15.9 Å². The molecule has 6 nitrogen and oxygen atoms in total. The molecule has 0 radical (unpaired) electrons. The predicted molar refractivity (Wildman–Crippen MR) is 97.1 cm³/mol. The summed E-state index contributed by atoms with van der Waals surface area (Å²) in [5.74, 6) is 2.33. The van der Waals surface area contributed by atoms with E-state index in [1.807, 2.05) is 32.0 Å². The Morgan fingerprint density at radius 2 is 2.04 bits per heavy atom. The summed E-state index contributed by atoms with van der Waals surface area (Å²) in [4.78, 5) is 25.0. The fourth-order valence-corrected chi connectivity index (χ4v) is 3.50. The van der Waals surface area contributed by atoms with Crippen molar-refractivity contribution in [1.82, 2.24) is 10.6 Å². The van der Waals surface area contributed by atoms with Crippen LogP contribution < -0.4 is 10.6 Å². The van der Waals surface area contributed by atoms with Crippen LogP contribution in [0.3, 0.4) is 0 Å². The predicted octanol–water partition coefficient (Wildman–Crippen LogP) is 2.05. The average molecular weight is 354 g/mol. The maximum atomic E-state index is 12.9. The molecule has 1 spiro atoms. The summed E-state index contributed by atoms with van der Waals surface area (Å²) in [5.41, 5.74) is 2.41. The van der Waals surface area contributed by atoms with Crippen LogP contribution in [0.5, 0.6) is 0 Å². The van der Waals surface area contributed by atoms with Gasteiger partial charge in [-0.1, -0.05) is 29.7 Å². The van der Waals surface area contributed by atoms with Gasteiger partial charge in [0, 0.05) is 0 Å². The molecular weight excluding hydrogens is 332 g/mol. The minimum atomic E-state index is -0.893. The molecule has 0 saturated carbocycles. The molecule has 0 unspecified atom stereocenters. The lowest BCUT2D eigenvalue weighted by Gasteiger charge is -2.35. The third-order valence-electron chi connectivity index (χ3n) is 4.82. The van der Waals surface area contributed by atoms with Crippen molar-refractivity contribution in [1.29, 1.82) is 0 Å². The van der Waals surface area contributed by atoms with Crippen LogP contribution >= 0.6 is 0 Å². The Bertz CT molecular complexity index is 814. The van der Waals surface area contributed by atoms with Crippen LogP contribution in [-0.2, 0) is 14.3 Å². The first-order chi connectivity index (χ1) is 12.5. The van der Waals surface area contributed by atoms with Crippen LogP contribution in [0.15, 0.2) is 24.0 Å². The lowest BCUT2D eigenvalue weighted by Crippen LogP contribution is -2.52. The van der Waals surface area contributed by atoms with Gasteiger partial charge in [0.1, 0.15) is 5.54 Å². The lowest BCUT2D eigenvalue weighted by molar-refractivity contribution is -0.116. The Balaban J connectivity index is 2.09. The number of piperidine rings is 1. The minimum absolute atomic E-state index is 0.180. The standard InChI is InChI=1S/C20H22N2O4/c1-4-11-25-19(24)26-17-16(15-12-13(2)5-6-14(15)3)18(23)22-20(17)7-9-21-10-8-20/h1,5-6,12,21H,7-11H2,2-3H3,(H,22,23). The first kappa shape index (κ1) is 18.0. The molecule has 26 heavy (non-hydrogen) atoms. The zero-order chi connectivity index (χ0) is 18.7. The van der Waals surface area contributed by atoms with E-state index >= 15 is 0 Å². The van der Waals surface area contributed by atoms with Crippen molar-refractivity contribution >= 4 is 17.6 Å². The van der Waals surface area contributed by atoms with E-state index in [1.165, 1.54) is 0 Å². The van der Waals surface area contributed by atoms with Crippen LogP contribution in [0.25, 0.3) is 5.57 Å². The number of terminal acetylenes is 1. The molecule has 2 aliphatic heterocycles. The van der Waals surface area contributed by atoms with Gasteiger partial charge >= 0.3 is 6.16 Å². The number of rotatable bonds is 3. The molecule has 2 heterocycles. The second-order valence-electron chi connectivity index (χ2n) is 6.65. The highest BCUT2D eigenvalue weighted by atomic mass is 16.7. The first-order valence-corrected chi connectivity index (χ1v) is 8.60. The molecule has 0 aliphatic carbocycles. The molecule has 1 fully saturated rings. The molecule has 1 aromatic carbocycles. The third-order valence-corrected chi connectivity index (χ3v) is 4.82. The monoisotopic (exact) mass is 354 g/mol. The van der Waals surface area contributed by atoms with Crippen molar-refractivity contribution in [2.45, 2.75) is 32.2 Å². The first-order valence-electron chi connectivity index (χ1n) is 8.60. The van der Waals surface area contributed by atoms with Crippen molar-refractivity contribution in [2.75, 3.05) is 19.7 Å². The quantitative estimate of drug-likeness (QED) is 0.642. The second kappa shape index (κ2) is 7.22. The van der Waals surface area contributed by atoms with Gasteiger partial charge in [-0.05, 0) is 50.9 Å². The molecule has 3 rings (SSSR count). The molecule has 1 aromatic rings. The Morgan fingerprint density at radius 1 is 1.31 bits per heavy atom. The highest BCUT2D eigenvalue weighted by molar-refractivity contribution is 6.23. The van der Waals surface area contributed by atoms with Crippen LogP contribution in [0.4, 0.5) is 4.79 Å². The van der Waals surface area contributed by atoms with Gasteiger partial charge in [-0.25, -0.2) is 4.79 Å². The summed E-state index contributed by atoms with van der Waals surface area (Å²) in [7, 11) is 0. The van der Waals surface area contributed by atoms with Crippen molar-refractivity contribution in [2.24, 2.45) is 0 Å². The number of carbonyl (C=O) groups is 2. The number of ether oxygens (including phenoxy) is 2. The highest BCUT2D eigenvalue weighted by Gasteiger charge is 2.49. The topological polar surface area (TPSA) is 76.7 Å². The largest absolute Gasteiger partial charge is 0.514 e. The van der Waals surface area contributed by atoms with Crippen LogP contribution in [0.1, 0.15) is 29.5 Å². The van der Waals surface area contributed by atoms with Gasteiger partial charge < -0.3 is 20.1 Å². The highest BCUT2D eigenvalue weighted by Crippen LogP contribution is 2.40. The van der Waals surface area contributed by atoms with E-state index in [9.17, 15) is 9.59 Å². The minimum Gasteiger partial charge on any atom is -0.421 e. The summed E-state index contributed by atoms with van der Waals surface area (Å²) < 4.78 is 10.4. The van der Waals surface area contributed by atoms with Gasteiger partial charge in [0.2, 0.25) is 0 Å². The average Bonchev–Trinajstić information content (AvgIpc) is 2.87. The Labute approximate surface area is 152 Å². The van der Waals surface area contributed by atoms with E-state index in [0.29, 0.717) is 37.3 Å². The zero-order valence-electron chi connectivity index (χ0n) is 15.0. The summed E-state index contributed by atoms with van der Waals surface area (Å²) >= 11 is 0. The summed E-state index contributed by atoms with van der Waals surface area (Å²) in [6.07, 6.45) is 5.49. The van der Waals surface area contributed by atoms with Gasteiger partial charge in [0.15, 0.2) is 12.4 Å². The van der Waals surface area contributed by atoms with E-state index in [-0.39, 0.29) is 12.5 Å². The van der Waals surface area contributed by atoms with Crippen molar-refractivity contribution in [3.63, 3.8) is 0 Å². The van der Waals surface area contributed by atoms with Crippen LogP contribution in [-0.4, -0.2) is 37.3 Å². The number of nitrogens with one attached hydrogen (secondary N) is 2. The molecule has 0 bridgehead atoms. The number of hydrogen-bond donors (Lipinski definition) is 2. The van der Waals surface area contributed by atoms with Crippen LogP contribution in [0, 0.1) is 26.2 Å². The number of aryl methyl sites for hydroxylation is 2. The van der Waals surface area contributed by atoms with E-state index < -0.39 is 11.7 Å². The second-order valence-corrected chi connectivity index (χ2v) is 6.65. The lowest BCUT2D eigenvalue weighted by atomic mass is 9.86. The van der Waals surface area contributed by atoms with E-state index in [2.05, 4.69) is 16.6 Å². The van der Waals surface area contributed by atoms with Gasteiger partial charge in [-0.15, -0.1) is 6.42 Å². The SMILES string of the molecule is C#CCOC(=O)OC1=C(c2cc(C)ccc2C)C(=O)NC12CCNCC2. The summed E-state index contributed by atoms with van der Waals surface area (Å²) in [6.45, 7) is 5.13. The number of benzene rings is 1. The molecule has 2 aliphatic rings. The Kier molecular flexibility index (Phi) is 5.01. The normalized spacial score (nSPS) is 18.4. The Morgan fingerprint density at radius 3 is 2.73 bits per heavy atom. The summed E-state index contributed by atoms with van der Waals surface area (Å²) in [5, 5.41) is 6.31. The van der Waals surface area contributed by atoms with Gasteiger partial charge in [0.25, 0.3) is 5.91 Å². The van der Waals surface area contributed by atoms with Crippen molar-refractivity contribution < 1.29 is 19.1 Å². The zero-order valence-corrected chi connectivity index (χ0v) is 15.0. The fraction of sp³-hybridized carbons (Fsp3) is 0.400. The molecule has 1 saturated heterocycles. The summed E-state index contributed by atoms with van der Waals surface area (Å²) in [6, 6.07) is 5.86.